The monoisotopic (exact) mass is 303 g/mol. The third kappa shape index (κ3) is 4.30. The molecule has 0 aliphatic carbocycles. The number of ether oxygens (including phenoxy) is 1. The van der Waals surface area contributed by atoms with Crippen LogP contribution in [0.2, 0.25) is 0 Å². The van der Waals surface area contributed by atoms with E-state index in [2.05, 4.69) is 20.8 Å². The molecule has 0 spiro atoms. The number of aromatic nitrogens is 2. The molecule has 1 amide bonds. The Kier molecular flexibility index (Phi) is 5.37. The van der Waals surface area contributed by atoms with Gasteiger partial charge in [-0.2, -0.15) is 0 Å². The van der Waals surface area contributed by atoms with Crippen molar-refractivity contribution in [3.63, 3.8) is 0 Å². The number of anilines is 1. The van der Waals surface area contributed by atoms with E-state index in [1.807, 2.05) is 6.92 Å². The van der Waals surface area contributed by atoms with E-state index < -0.39 is 0 Å². The first kappa shape index (κ1) is 14.5. The second-order valence-corrected chi connectivity index (χ2v) is 6.25. The van der Waals surface area contributed by atoms with E-state index in [9.17, 15) is 4.79 Å². The van der Waals surface area contributed by atoms with Gasteiger partial charge in [-0.15, -0.1) is 10.2 Å². The van der Waals surface area contributed by atoms with Crippen molar-refractivity contribution in [1.82, 2.24) is 20.8 Å². The summed E-state index contributed by atoms with van der Waals surface area (Å²) in [6.45, 7) is 4.12. The summed E-state index contributed by atoms with van der Waals surface area (Å²) in [7, 11) is 0. The molecule has 0 aromatic carbocycles. The number of amides is 1. The molecule has 106 valence electrons. The smallest absolute Gasteiger partial charge is 0.230 e. The van der Waals surface area contributed by atoms with E-state index in [0.717, 1.165) is 13.1 Å². The fraction of sp³-hybridized carbons (Fsp3) is 0.700. The van der Waals surface area contributed by atoms with E-state index in [-0.39, 0.29) is 18.1 Å². The highest BCUT2D eigenvalue weighted by atomic mass is 32.2. The summed E-state index contributed by atoms with van der Waals surface area (Å²) in [6, 6.07) is 0.0348. The van der Waals surface area contributed by atoms with Crippen LogP contribution in [0.25, 0.3) is 0 Å². The first-order chi connectivity index (χ1) is 9.19. The Morgan fingerprint density at radius 3 is 3.16 bits per heavy atom. The minimum Gasteiger partial charge on any atom is -0.375 e. The Labute approximate surface area is 119 Å². The van der Waals surface area contributed by atoms with Crippen LogP contribution < -0.4 is 16.4 Å². The molecule has 9 heteroatoms. The van der Waals surface area contributed by atoms with Crippen LogP contribution >= 0.6 is 23.1 Å². The van der Waals surface area contributed by atoms with Gasteiger partial charge in [0.15, 0.2) is 4.34 Å². The number of thioether (sulfide) groups is 1. The van der Waals surface area contributed by atoms with Crippen LogP contribution in [-0.2, 0) is 9.53 Å². The lowest BCUT2D eigenvalue weighted by atomic mass is 10.2. The van der Waals surface area contributed by atoms with Crippen molar-refractivity contribution >= 4 is 34.1 Å². The predicted octanol–water partition coefficient (Wildman–Crippen LogP) is -0.294. The van der Waals surface area contributed by atoms with Gasteiger partial charge in [-0.05, 0) is 6.92 Å². The zero-order valence-electron chi connectivity index (χ0n) is 10.6. The number of nitrogen functional groups attached to an aromatic ring is 1. The largest absolute Gasteiger partial charge is 0.375 e. The van der Waals surface area contributed by atoms with E-state index in [1.54, 1.807) is 0 Å². The topological polar surface area (TPSA) is 102 Å². The average Bonchev–Trinajstić information content (AvgIpc) is 2.97. The molecule has 0 bridgehead atoms. The Morgan fingerprint density at radius 1 is 1.63 bits per heavy atom. The van der Waals surface area contributed by atoms with Crippen LogP contribution in [0.4, 0.5) is 5.13 Å². The van der Waals surface area contributed by atoms with Crippen LogP contribution in [0.3, 0.4) is 0 Å². The summed E-state index contributed by atoms with van der Waals surface area (Å²) < 4.78 is 6.27. The molecule has 0 radical (unpaired) electrons. The van der Waals surface area contributed by atoms with Gasteiger partial charge in [0.1, 0.15) is 0 Å². The highest BCUT2D eigenvalue weighted by Gasteiger charge is 2.28. The lowest BCUT2D eigenvalue weighted by Crippen LogP contribution is -2.44. The molecule has 1 aliphatic rings. The van der Waals surface area contributed by atoms with Gasteiger partial charge in [-0.3, -0.25) is 4.79 Å². The molecule has 4 N–H and O–H groups in total. The van der Waals surface area contributed by atoms with Crippen molar-refractivity contribution in [1.29, 1.82) is 0 Å². The molecule has 1 fully saturated rings. The summed E-state index contributed by atoms with van der Waals surface area (Å²) in [4.78, 5) is 11.8. The van der Waals surface area contributed by atoms with Crippen LogP contribution in [-0.4, -0.2) is 53.7 Å². The van der Waals surface area contributed by atoms with Crippen molar-refractivity contribution in [3.05, 3.63) is 0 Å². The summed E-state index contributed by atoms with van der Waals surface area (Å²) in [5.74, 6) is 0.279. The van der Waals surface area contributed by atoms with Gasteiger partial charge in [0.05, 0.1) is 17.9 Å². The SMILES string of the molecule is CCO[C@@H]1CNC[C@H]1NC(=O)CSc1nnc(N)s1. The van der Waals surface area contributed by atoms with Crippen molar-refractivity contribution in [2.24, 2.45) is 0 Å². The summed E-state index contributed by atoms with van der Waals surface area (Å²) >= 11 is 2.62. The molecule has 2 atom stereocenters. The Hall–Kier alpha value is -0.900. The third-order valence-corrected chi connectivity index (χ3v) is 4.52. The average molecular weight is 303 g/mol. The predicted molar refractivity (Wildman–Crippen MR) is 75.3 cm³/mol. The van der Waals surface area contributed by atoms with Crippen molar-refractivity contribution in [2.45, 2.75) is 23.4 Å². The number of nitrogens with two attached hydrogens (primary N) is 1. The van der Waals surface area contributed by atoms with E-state index in [1.165, 1.54) is 23.1 Å². The molecule has 1 aromatic heterocycles. The van der Waals surface area contributed by atoms with Crippen LogP contribution in [0, 0.1) is 0 Å². The molecule has 1 saturated heterocycles. The van der Waals surface area contributed by atoms with Gasteiger partial charge >= 0.3 is 0 Å². The molecular formula is C10H17N5O2S2. The number of hydrogen-bond donors (Lipinski definition) is 3. The van der Waals surface area contributed by atoms with Gasteiger partial charge < -0.3 is 21.1 Å². The van der Waals surface area contributed by atoms with E-state index in [0.29, 0.717) is 21.8 Å². The number of carbonyl (C=O) groups excluding carboxylic acids is 1. The normalized spacial score (nSPS) is 22.6. The fourth-order valence-electron chi connectivity index (χ4n) is 1.84. The van der Waals surface area contributed by atoms with Gasteiger partial charge in [-0.25, -0.2) is 0 Å². The first-order valence-electron chi connectivity index (χ1n) is 6.02. The Balaban J connectivity index is 1.74. The Morgan fingerprint density at radius 2 is 2.47 bits per heavy atom. The maximum absolute atomic E-state index is 11.8. The highest BCUT2D eigenvalue weighted by molar-refractivity contribution is 8.01. The number of hydrogen-bond acceptors (Lipinski definition) is 8. The van der Waals surface area contributed by atoms with Crippen LogP contribution in [0.1, 0.15) is 6.92 Å². The number of carbonyl (C=O) groups is 1. The minimum absolute atomic E-state index is 0.0304. The van der Waals surface area contributed by atoms with Crippen LogP contribution in [0.5, 0.6) is 0 Å². The maximum Gasteiger partial charge on any atom is 0.230 e. The number of nitrogens with zero attached hydrogens (tertiary/aromatic N) is 2. The lowest BCUT2D eigenvalue weighted by molar-refractivity contribution is -0.120. The van der Waals surface area contributed by atoms with Gasteiger partial charge in [0.25, 0.3) is 0 Å². The molecule has 2 heterocycles. The summed E-state index contributed by atoms with van der Waals surface area (Å²) in [5.41, 5.74) is 5.47. The number of nitrogens with one attached hydrogen (secondary N) is 2. The summed E-state index contributed by atoms with van der Waals surface area (Å²) in [6.07, 6.45) is 0.0520. The number of rotatable bonds is 6. The molecule has 19 heavy (non-hydrogen) atoms. The standard InChI is InChI=1S/C10H17N5O2S2/c1-2-17-7-4-12-3-6(7)13-8(16)5-18-10-15-14-9(11)19-10/h6-7,12H,2-5H2,1H3,(H2,11,14)(H,13,16)/t6-,7-/m1/s1. The molecule has 1 aliphatic heterocycles. The second kappa shape index (κ2) is 7.04. The highest BCUT2D eigenvalue weighted by Crippen LogP contribution is 2.23. The molecule has 1 aromatic rings. The second-order valence-electron chi connectivity index (χ2n) is 4.02. The van der Waals surface area contributed by atoms with Gasteiger partial charge in [0, 0.05) is 19.7 Å². The molecule has 7 nitrogen and oxygen atoms in total. The van der Waals surface area contributed by atoms with Crippen molar-refractivity contribution in [2.75, 3.05) is 31.2 Å². The van der Waals surface area contributed by atoms with E-state index >= 15 is 0 Å². The van der Waals surface area contributed by atoms with Crippen LogP contribution in [0.15, 0.2) is 4.34 Å². The molecule has 2 rings (SSSR count). The van der Waals surface area contributed by atoms with E-state index in [4.69, 9.17) is 10.5 Å². The molecule has 0 unspecified atom stereocenters. The third-order valence-electron chi connectivity index (χ3n) is 2.63. The molecular weight excluding hydrogens is 286 g/mol. The summed E-state index contributed by atoms with van der Waals surface area (Å²) in [5, 5.41) is 14.1. The Bertz CT molecular complexity index is 428. The van der Waals surface area contributed by atoms with Crippen molar-refractivity contribution in [3.8, 4) is 0 Å². The zero-order chi connectivity index (χ0) is 13.7. The lowest BCUT2D eigenvalue weighted by Gasteiger charge is -2.19. The van der Waals surface area contributed by atoms with Gasteiger partial charge in [0.2, 0.25) is 11.0 Å². The zero-order valence-corrected chi connectivity index (χ0v) is 12.2. The fourth-order valence-corrected chi connectivity index (χ4v) is 3.29. The first-order valence-corrected chi connectivity index (χ1v) is 7.82. The maximum atomic E-state index is 11.8. The minimum atomic E-state index is -0.0304. The van der Waals surface area contributed by atoms with Crippen molar-refractivity contribution < 1.29 is 9.53 Å². The van der Waals surface area contributed by atoms with Gasteiger partial charge in [-0.1, -0.05) is 23.1 Å². The molecule has 0 saturated carbocycles. The quantitative estimate of drug-likeness (QED) is 0.620.